The lowest BCUT2D eigenvalue weighted by Gasteiger charge is -2.07. The normalized spacial score (nSPS) is 8.75. The summed E-state index contributed by atoms with van der Waals surface area (Å²) in [6.07, 6.45) is 5.14. The zero-order chi connectivity index (χ0) is 19.4. The van der Waals surface area contributed by atoms with Crippen molar-refractivity contribution in [2.75, 3.05) is 13.2 Å². The highest BCUT2D eigenvalue weighted by molar-refractivity contribution is 7.94. The molecule has 0 aromatic heterocycles. The Hall–Kier alpha value is -0.390. The van der Waals surface area contributed by atoms with E-state index in [-0.39, 0.29) is 0 Å². The summed E-state index contributed by atoms with van der Waals surface area (Å²) in [4.78, 5) is 29.3. The van der Waals surface area contributed by atoms with E-state index >= 15 is 0 Å². The smallest absolute Gasteiger partial charge is 0.429 e. The van der Waals surface area contributed by atoms with Gasteiger partial charge in [0.25, 0.3) is 0 Å². The number of unbranched alkanes of at least 4 members (excludes halogenated alkanes) is 4. The summed E-state index contributed by atoms with van der Waals surface area (Å²) in [6.45, 7) is 7.07. The first-order chi connectivity index (χ1) is 11.4. The number of carbonyl (C=O) groups excluding carboxylic acids is 3. The van der Waals surface area contributed by atoms with Gasteiger partial charge >= 0.3 is 12.2 Å². The lowest BCUT2D eigenvalue weighted by Crippen LogP contribution is -2.13. The van der Waals surface area contributed by atoms with Crippen molar-refractivity contribution in [3.05, 3.63) is 0 Å². The van der Waals surface area contributed by atoms with Gasteiger partial charge in [0, 0.05) is 0 Å². The summed E-state index contributed by atoms with van der Waals surface area (Å²) >= 11 is 14.6. The van der Waals surface area contributed by atoms with Crippen molar-refractivity contribution in [1.29, 1.82) is 0 Å². The predicted molar refractivity (Wildman–Crippen MR) is 108 cm³/mol. The molecule has 0 aliphatic rings. The van der Waals surface area contributed by atoms with E-state index in [0.717, 1.165) is 45.9 Å². The monoisotopic (exact) mass is 420 g/mol. The number of nitrogens with zero attached hydrogens (tertiary/aromatic N) is 2. The quantitative estimate of drug-likeness (QED) is 0.345. The first-order valence-corrected chi connectivity index (χ1v) is 8.94. The molecule has 0 atom stereocenters. The molecule has 0 aliphatic heterocycles. The average molecular weight is 421 g/mol. The number of amides is 2. The molecule has 0 bridgehead atoms. The van der Waals surface area contributed by atoms with Gasteiger partial charge in [-0.1, -0.05) is 39.5 Å². The fourth-order valence-electron chi connectivity index (χ4n) is 1.14. The number of carbonyl (C=O) groups is 3. The second-order valence-electron chi connectivity index (χ2n) is 4.22. The fourth-order valence-corrected chi connectivity index (χ4v) is 1.37. The number of rotatable bonds is 8. The van der Waals surface area contributed by atoms with Crippen LogP contribution in [0.4, 0.5) is 9.59 Å². The minimum absolute atomic E-state index is 0.449. The molecule has 0 fully saturated rings. The van der Waals surface area contributed by atoms with Gasteiger partial charge in [-0.05, 0) is 64.1 Å². The van der Waals surface area contributed by atoms with E-state index in [1.54, 1.807) is 0 Å². The molecular weight excluding hydrogens is 392 g/mol. The fraction of sp³-hybridized carbons (Fsp3) is 0.769. The predicted octanol–water partition coefficient (Wildman–Crippen LogP) is 4.42. The molecule has 0 N–H and O–H groups in total. The highest BCUT2D eigenvalue weighted by Crippen LogP contribution is 2.03. The molecular formula is C13H28N2O5S4. The van der Waals surface area contributed by atoms with Gasteiger partial charge in [-0.15, -0.1) is 0 Å². The molecule has 0 heterocycles. The molecule has 24 heavy (non-hydrogen) atoms. The van der Waals surface area contributed by atoms with Gasteiger partial charge < -0.3 is 14.3 Å². The minimum atomic E-state index is -0.521. The molecule has 0 aromatic rings. The molecule has 0 saturated carbocycles. The van der Waals surface area contributed by atoms with Crippen LogP contribution in [0.1, 0.15) is 52.4 Å². The van der Waals surface area contributed by atoms with Crippen LogP contribution in [0.3, 0.4) is 0 Å². The SMILES string of the molecule is C=O.CCCCCOC(=O)N(S)S.CCCCCOC(=O)N(S)S. The maximum Gasteiger partial charge on any atom is 0.429 e. The Balaban J connectivity index is -0.000000333. The van der Waals surface area contributed by atoms with Crippen LogP contribution in [0.2, 0.25) is 0 Å². The topological polar surface area (TPSA) is 76.1 Å². The second kappa shape index (κ2) is 22.6. The van der Waals surface area contributed by atoms with Crippen LogP contribution in [0.25, 0.3) is 0 Å². The summed E-state index contributed by atoms with van der Waals surface area (Å²) < 4.78 is 11.1. The van der Waals surface area contributed by atoms with E-state index in [4.69, 9.17) is 14.3 Å². The number of hydrogen-bond acceptors (Lipinski definition) is 9. The van der Waals surface area contributed by atoms with Crippen LogP contribution >= 0.6 is 51.3 Å². The third kappa shape index (κ3) is 23.9. The van der Waals surface area contributed by atoms with Crippen molar-refractivity contribution < 1.29 is 23.9 Å². The van der Waals surface area contributed by atoms with Crippen LogP contribution in [0.5, 0.6) is 0 Å². The molecule has 7 nitrogen and oxygen atoms in total. The largest absolute Gasteiger partial charge is 0.448 e. The zero-order valence-corrected chi connectivity index (χ0v) is 17.7. The molecule has 0 spiro atoms. The van der Waals surface area contributed by atoms with Crippen LogP contribution in [-0.4, -0.2) is 39.6 Å². The summed E-state index contributed by atoms with van der Waals surface area (Å²) in [6, 6.07) is 0. The summed E-state index contributed by atoms with van der Waals surface area (Å²) in [5.74, 6) is 0. The Morgan fingerprint density at radius 3 is 1.25 bits per heavy atom. The Labute approximate surface area is 167 Å². The molecule has 0 unspecified atom stereocenters. The van der Waals surface area contributed by atoms with Crippen molar-refractivity contribution in [2.24, 2.45) is 0 Å². The molecule has 0 aliphatic carbocycles. The molecule has 2 amide bonds. The van der Waals surface area contributed by atoms with Gasteiger partial charge in [0.1, 0.15) is 6.79 Å². The third-order valence-electron chi connectivity index (χ3n) is 2.27. The van der Waals surface area contributed by atoms with Crippen molar-refractivity contribution in [3.8, 4) is 0 Å². The van der Waals surface area contributed by atoms with E-state index < -0.39 is 12.2 Å². The van der Waals surface area contributed by atoms with Gasteiger partial charge in [-0.25, -0.2) is 9.59 Å². The Morgan fingerprint density at radius 2 is 1.04 bits per heavy atom. The number of thiol groups is 4. The van der Waals surface area contributed by atoms with E-state index in [0.29, 0.717) is 13.2 Å². The third-order valence-corrected chi connectivity index (χ3v) is 2.93. The van der Waals surface area contributed by atoms with Gasteiger partial charge in [0.15, 0.2) is 0 Å². The standard InChI is InChI=1S/2C6H13NO2S2.CH2O/c2*1-2-3-4-5-9-6(8)7(10)11;1-2/h2*10-11H,2-5H2,1H3;1H2. The molecule has 0 aromatic carbocycles. The zero-order valence-electron chi connectivity index (χ0n) is 14.1. The molecule has 0 radical (unpaired) electrons. The van der Waals surface area contributed by atoms with Crippen molar-refractivity contribution in [2.45, 2.75) is 52.4 Å². The van der Waals surface area contributed by atoms with Crippen molar-refractivity contribution in [1.82, 2.24) is 7.42 Å². The van der Waals surface area contributed by atoms with Crippen LogP contribution < -0.4 is 0 Å². The van der Waals surface area contributed by atoms with Crippen LogP contribution in [-0.2, 0) is 14.3 Å². The molecule has 144 valence electrons. The highest BCUT2D eigenvalue weighted by atomic mass is 32.2. The van der Waals surface area contributed by atoms with Crippen LogP contribution in [0, 0.1) is 0 Å². The summed E-state index contributed by atoms with van der Waals surface area (Å²) in [5.41, 5.74) is 0. The average Bonchev–Trinajstić information content (AvgIpc) is 2.57. The Kier molecular flexibility index (Phi) is 26.8. The first-order valence-electron chi connectivity index (χ1n) is 7.34. The second-order valence-corrected chi connectivity index (χ2v) is 6.45. The number of hydrogen-bond donors (Lipinski definition) is 4. The maximum atomic E-state index is 10.7. The lowest BCUT2D eigenvalue weighted by atomic mass is 10.3. The van der Waals surface area contributed by atoms with Gasteiger partial charge in [-0.3, -0.25) is 0 Å². The van der Waals surface area contributed by atoms with E-state index in [1.807, 2.05) is 6.79 Å². The van der Waals surface area contributed by atoms with E-state index in [2.05, 4.69) is 65.1 Å². The molecule has 0 saturated heterocycles. The lowest BCUT2D eigenvalue weighted by molar-refractivity contribution is -0.0980. The highest BCUT2D eigenvalue weighted by Gasteiger charge is 2.05. The summed E-state index contributed by atoms with van der Waals surface area (Å²) in [7, 11) is 0. The van der Waals surface area contributed by atoms with Crippen molar-refractivity contribution in [3.63, 3.8) is 0 Å². The van der Waals surface area contributed by atoms with Gasteiger partial charge in [0.05, 0.1) is 13.2 Å². The van der Waals surface area contributed by atoms with E-state index in [1.165, 1.54) is 0 Å². The minimum Gasteiger partial charge on any atom is -0.448 e. The first kappa shape index (κ1) is 28.4. The van der Waals surface area contributed by atoms with Gasteiger partial charge in [-0.2, -0.15) is 7.42 Å². The molecule has 0 rings (SSSR count). The van der Waals surface area contributed by atoms with Crippen LogP contribution in [0.15, 0.2) is 0 Å². The Bertz CT molecular complexity index is 282. The maximum absolute atomic E-state index is 10.7. The molecule has 11 heteroatoms. The van der Waals surface area contributed by atoms with E-state index in [9.17, 15) is 9.59 Å². The summed E-state index contributed by atoms with van der Waals surface area (Å²) in [5, 5.41) is 0. The van der Waals surface area contributed by atoms with Crippen molar-refractivity contribution >= 4 is 70.2 Å². The van der Waals surface area contributed by atoms with Gasteiger partial charge in [0.2, 0.25) is 0 Å². The Morgan fingerprint density at radius 1 is 0.750 bits per heavy atom. The number of ether oxygens (including phenoxy) is 2.